The molecule has 1 amide bonds. The van der Waals surface area contributed by atoms with Gasteiger partial charge < -0.3 is 5.32 Å². The average molecular weight is 409 g/mol. The Morgan fingerprint density at radius 3 is 3.04 bits per heavy atom. The van der Waals surface area contributed by atoms with Gasteiger partial charge >= 0.3 is 0 Å². The number of hydrogen-bond acceptors (Lipinski definition) is 5. The average Bonchev–Trinajstić information content (AvgIpc) is 3.18. The van der Waals surface area contributed by atoms with Gasteiger partial charge in [-0.1, -0.05) is 39.8 Å². The zero-order valence-corrected chi connectivity index (χ0v) is 15.2. The Kier molecular flexibility index (Phi) is 5.47. The molecule has 0 saturated carbocycles. The highest BCUT2D eigenvalue weighted by Gasteiger charge is 2.09. The Hall–Kier alpha value is -1.64. The van der Waals surface area contributed by atoms with Crippen LogP contribution in [0.25, 0.3) is 0 Å². The summed E-state index contributed by atoms with van der Waals surface area (Å²) in [6.45, 7) is 0. The van der Waals surface area contributed by atoms with Crippen molar-refractivity contribution in [2.24, 2.45) is 0 Å². The number of anilines is 1. The molecule has 3 aromatic rings. The van der Waals surface area contributed by atoms with Crippen molar-refractivity contribution in [2.45, 2.75) is 11.6 Å². The number of nitrogens with zero attached hydrogens (tertiary/aromatic N) is 2. The molecule has 0 aliphatic rings. The fourth-order valence-corrected chi connectivity index (χ4v) is 3.62. The third-order valence-electron chi connectivity index (χ3n) is 2.87. The second-order valence-electron chi connectivity index (χ2n) is 4.67. The molecule has 0 saturated heterocycles. The summed E-state index contributed by atoms with van der Waals surface area (Å²) in [7, 11) is 0. The number of H-pyrrole nitrogens is 1. The molecular formula is C15H13BrN4OS2. The largest absolute Gasteiger partial charge is 0.325 e. The van der Waals surface area contributed by atoms with Gasteiger partial charge in [-0.2, -0.15) is 0 Å². The lowest BCUT2D eigenvalue weighted by molar-refractivity contribution is -0.113. The van der Waals surface area contributed by atoms with Crippen molar-refractivity contribution in [3.05, 3.63) is 57.0 Å². The van der Waals surface area contributed by atoms with Crippen LogP contribution in [-0.2, 0) is 11.2 Å². The van der Waals surface area contributed by atoms with Crippen LogP contribution in [0, 0.1) is 0 Å². The van der Waals surface area contributed by atoms with E-state index in [9.17, 15) is 4.79 Å². The Morgan fingerprint density at radius 1 is 1.35 bits per heavy atom. The number of halogens is 1. The predicted octanol–water partition coefficient (Wildman–Crippen LogP) is 3.95. The Bertz CT molecular complexity index is 788. The number of benzene rings is 1. The van der Waals surface area contributed by atoms with E-state index in [0.29, 0.717) is 5.16 Å². The summed E-state index contributed by atoms with van der Waals surface area (Å²) in [6, 6.07) is 11.6. The van der Waals surface area contributed by atoms with Crippen LogP contribution in [0.5, 0.6) is 0 Å². The van der Waals surface area contributed by atoms with Crippen molar-refractivity contribution in [1.82, 2.24) is 15.2 Å². The number of carbonyl (C=O) groups is 1. The molecule has 118 valence electrons. The number of rotatable bonds is 6. The number of nitrogens with one attached hydrogen (secondary N) is 2. The summed E-state index contributed by atoms with van der Waals surface area (Å²) in [5.41, 5.74) is 0.762. The molecule has 8 heteroatoms. The van der Waals surface area contributed by atoms with E-state index >= 15 is 0 Å². The fourth-order valence-electron chi connectivity index (χ4n) is 1.89. The van der Waals surface area contributed by atoms with E-state index in [2.05, 4.69) is 42.5 Å². The smallest absolute Gasteiger partial charge is 0.234 e. The summed E-state index contributed by atoms with van der Waals surface area (Å²) < 4.78 is 0.926. The minimum absolute atomic E-state index is 0.0855. The molecule has 1 aromatic carbocycles. The second-order valence-corrected chi connectivity index (χ2v) is 7.56. The number of thioether (sulfide) groups is 1. The van der Waals surface area contributed by atoms with E-state index in [4.69, 9.17) is 0 Å². The van der Waals surface area contributed by atoms with E-state index in [1.54, 1.807) is 11.3 Å². The van der Waals surface area contributed by atoms with E-state index in [0.717, 1.165) is 22.4 Å². The number of hydrogen-bond donors (Lipinski definition) is 2. The van der Waals surface area contributed by atoms with Crippen LogP contribution in [0.15, 0.2) is 51.4 Å². The molecule has 5 nitrogen and oxygen atoms in total. The maximum absolute atomic E-state index is 11.9. The molecule has 23 heavy (non-hydrogen) atoms. The molecule has 0 atom stereocenters. The Balaban J connectivity index is 1.50. The Labute approximate surface area is 150 Å². The molecule has 2 aromatic heterocycles. The molecule has 0 fully saturated rings. The van der Waals surface area contributed by atoms with Crippen LogP contribution in [0.3, 0.4) is 0 Å². The SMILES string of the molecule is O=C(CSc1n[nH]c(Cc2cccs2)n1)Nc1cccc(Br)c1. The zero-order valence-electron chi connectivity index (χ0n) is 12.0. The van der Waals surface area contributed by atoms with E-state index in [1.165, 1.54) is 16.6 Å². The maximum Gasteiger partial charge on any atom is 0.234 e. The topological polar surface area (TPSA) is 70.7 Å². The van der Waals surface area contributed by atoms with Gasteiger partial charge in [-0.25, -0.2) is 4.98 Å². The molecular weight excluding hydrogens is 396 g/mol. The summed E-state index contributed by atoms with van der Waals surface area (Å²) in [6.07, 6.45) is 0.732. The van der Waals surface area contributed by atoms with Gasteiger partial charge in [-0.3, -0.25) is 9.89 Å². The lowest BCUT2D eigenvalue weighted by Gasteiger charge is -2.04. The molecule has 3 rings (SSSR count). The second kappa shape index (κ2) is 7.76. The maximum atomic E-state index is 11.9. The summed E-state index contributed by atoms with van der Waals surface area (Å²) in [4.78, 5) is 17.6. The minimum atomic E-state index is -0.0855. The standard InChI is InChI=1S/C15H13BrN4OS2/c16-10-3-1-4-11(7-10)17-14(21)9-23-15-18-13(19-20-15)8-12-5-2-6-22-12/h1-7H,8-9H2,(H,17,21)(H,18,19,20). The predicted molar refractivity (Wildman–Crippen MR) is 97.0 cm³/mol. The molecule has 0 spiro atoms. The normalized spacial score (nSPS) is 10.7. The van der Waals surface area contributed by atoms with Crippen LogP contribution in [-0.4, -0.2) is 26.8 Å². The van der Waals surface area contributed by atoms with Gasteiger partial charge in [-0.05, 0) is 29.6 Å². The van der Waals surface area contributed by atoms with Crippen molar-refractivity contribution >= 4 is 50.6 Å². The van der Waals surface area contributed by atoms with Gasteiger partial charge in [0.2, 0.25) is 11.1 Å². The van der Waals surface area contributed by atoms with Gasteiger partial charge in [0.1, 0.15) is 5.82 Å². The molecule has 0 radical (unpaired) electrons. The van der Waals surface area contributed by atoms with Crippen LogP contribution in [0.1, 0.15) is 10.7 Å². The highest BCUT2D eigenvalue weighted by atomic mass is 79.9. The fraction of sp³-hybridized carbons (Fsp3) is 0.133. The van der Waals surface area contributed by atoms with Gasteiger partial charge in [0.15, 0.2) is 0 Å². The van der Waals surface area contributed by atoms with Crippen LogP contribution >= 0.6 is 39.0 Å². The number of aromatic nitrogens is 3. The highest BCUT2D eigenvalue weighted by Crippen LogP contribution is 2.18. The third-order valence-corrected chi connectivity index (χ3v) is 5.09. The van der Waals surface area contributed by atoms with Crippen LogP contribution in [0.2, 0.25) is 0 Å². The lowest BCUT2D eigenvalue weighted by atomic mass is 10.3. The van der Waals surface area contributed by atoms with Gasteiger partial charge in [0.05, 0.1) is 5.75 Å². The van der Waals surface area contributed by atoms with E-state index in [-0.39, 0.29) is 11.7 Å². The molecule has 0 aliphatic heterocycles. The molecule has 0 unspecified atom stereocenters. The number of carbonyl (C=O) groups excluding carboxylic acids is 1. The zero-order chi connectivity index (χ0) is 16.1. The van der Waals surface area contributed by atoms with Crippen LogP contribution < -0.4 is 5.32 Å². The first-order valence-corrected chi connectivity index (χ1v) is 9.47. The van der Waals surface area contributed by atoms with Crippen LogP contribution in [0.4, 0.5) is 5.69 Å². The third kappa shape index (κ3) is 4.92. The van der Waals surface area contributed by atoms with Crippen molar-refractivity contribution in [3.63, 3.8) is 0 Å². The van der Waals surface area contributed by atoms with Crippen molar-refractivity contribution in [1.29, 1.82) is 0 Å². The van der Waals surface area contributed by atoms with Crippen molar-refractivity contribution in [2.75, 3.05) is 11.1 Å². The van der Waals surface area contributed by atoms with Gasteiger partial charge in [0, 0.05) is 21.5 Å². The number of amides is 1. The number of thiophene rings is 1. The summed E-state index contributed by atoms with van der Waals surface area (Å²) >= 11 is 6.37. The first kappa shape index (κ1) is 16.2. The molecule has 0 bridgehead atoms. The minimum Gasteiger partial charge on any atom is -0.325 e. The van der Waals surface area contributed by atoms with Gasteiger partial charge in [0.25, 0.3) is 0 Å². The first-order valence-electron chi connectivity index (χ1n) is 6.81. The van der Waals surface area contributed by atoms with Crippen molar-refractivity contribution < 1.29 is 4.79 Å². The first-order chi connectivity index (χ1) is 11.2. The van der Waals surface area contributed by atoms with Gasteiger partial charge in [-0.15, -0.1) is 16.4 Å². The molecule has 2 N–H and O–H groups in total. The Morgan fingerprint density at radius 2 is 2.26 bits per heavy atom. The molecule has 2 heterocycles. The monoisotopic (exact) mass is 408 g/mol. The van der Waals surface area contributed by atoms with E-state index < -0.39 is 0 Å². The van der Waals surface area contributed by atoms with Crippen molar-refractivity contribution in [3.8, 4) is 0 Å². The van der Waals surface area contributed by atoms with E-state index in [1.807, 2.05) is 35.7 Å². The number of aromatic amines is 1. The molecule has 0 aliphatic carbocycles. The summed E-state index contributed by atoms with van der Waals surface area (Å²) in [5, 5.41) is 12.5. The lowest BCUT2D eigenvalue weighted by Crippen LogP contribution is -2.14. The summed E-state index contributed by atoms with van der Waals surface area (Å²) in [5.74, 6) is 0.989. The quantitative estimate of drug-likeness (QED) is 0.605. The highest BCUT2D eigenvalue weighted by molar-refractivity contribution is 9.10.